The maximum atomic E-state index is 13.4. The zero-order valence-electron chi connectivity index (χ0n) is 15.2. The molecule has 0 saturated carbocycles. The Morgan fingerprint density at radius 3 is 2.14 bits per heavy atom. The van der Waals surface area contributed by atoms with Gasteiger partial charge < -0.3 is 9.64 Å². The van der Waals surface area contributed by atoms with E-state index in [0.717, 1.165) is 17.5 Å². The van der Waals surface area contributed by atoms with Crippen molar-refractivity contribution in [1.29, 1.82) is 0 Å². The number of hydrogen-bond acceptors (Lipinski definition) is 4. The number of carbonyl (C=O) groups is 1. The summed E-state index contributed by atoms with van der Waals surface area (Å²) >= 11 is 5.81. The Morgan fingerprint density at radius 2 is 1.57 bits per heavy atom. The zero-order valence-corrected chi connectivity index (χ0v) is 16.0. The van der Waals surface area contributed by atoms with Gasteiger partial charge in [-0.25, -0.2) is 9.97 Å². The Kier molecular flexibility index (Phi) is 5.53. The summed E-state index contributed by atoms with van der Waals surface area (Å²) in [6.07, 6.45) is 3.62. The topological polar surface area (TPSA) is 55.3 Å². The Bertz CT molecular complexity index is 880. The number of ether oxygens (including phenoxy) is 1. The maximum Gasteiger partial charge on any atom is 0.316 e. The van der Waals surface area contributed by atoms with E-state index in [-0.39, 0.29) is 23.9 Å². The Labute approximate surface area is 169 Å². The third-order valence-corrected chi connectivity index (χ3v) is 5.03. The molecule has 28 heavy (non-hydrogen) atoms. The molecule has 1 fully saturated rings. The highest BCUT2D eigenvalue weighted by Gasteiger charge is 2.33. The molecule has 0 aliphatic carbocycles. The number of carbonyl (C=O) groups excluding carboxylic acids is 1. The molecule has 6 heteroatoms. The molecule has 0 N–H and O–H groups in total. The molecule has 0 radical (unpaired) electrons. The first-order valence-corrected chi connectivity index (χ1v) is 9.61. The van der Waals surface area contributed by atoms with Crippen LogP contribution < -0.4 is 4.74 Å². The number of amides is 1. The summed E-state index contributed by atoms with van der Waals surface area (Å²) in [4.78, 5) is 23.4. The SMILES string of the molecule is O=C(C(c1ccccc1)c1ccccc1)N1CCC(Oc2ncc(Cl)cn2)C1. The van der Waals surface area contributed by atoms with Gasteiger partial charge in [0, 0.05) is 13.0 Å². The van der Waals surface area contributed by atoms with Gasteiger partial charge in [0.25, 0.3) is 0 Å². The maximum absolute atomic E-state index is 13.4. The van der Waals surface area contributed by atoms with Gasteiger partial charge in [0.1, 0.15) is 6.10 Å². The number of likely N-dealkylation sites (tertiary alicyclic amines) is 1. The molecule has 1 saturated heterocycles. The number of nitrogens with zero attached hydrogens (tertiary/aromatic N) is 3. The third-order valence-electron chi connectivity index (χ3n) is 4.84. The first-order valence-electron chi connectivity index (χ1n) is 9.23. The first kappa shape index (κ1) is 18.4. The number of benzene rings is 2. The Hall–Kier alpha value is -2.92. The molecule has 1 aliphatic rings. The largest absolute Gasteiger partial charge is 0.458 e. The van der Waals surface area contributed by atoms with E-state index < -0.39 is 0 Å². The predicted octanol–water partition coefficient (Wildman–Crippen LogP) is 3.94. The van der Waals surface area contributed by atoms with Gasteiger partial charge in [-0.2, -0.15) is 0 Å². The van der Waals surface area contributed by atoms with Crippen LogP contribution in [0.1, 0.15) is 23.5 Å². The van der Waals surface area contributed by atoms with Gasteiger partial charge in [0.15, 0.2) is 0 Å². The molecule has 2 heterocycles. The minimum absolute atomic E-state index is 0.0838. The van der Waals surface area contributed by atoms with Crippen molar-refractivity contribution in [3.05, 3.63) is 89.2 Å². The average Bonchev–Trinajstić information content (AvgIpc) is 3.20. The van der Waals surface area contributed by atoms with Gasteiger partial charge in [-0.1, -0.05) is 72.3 Å². The smallest absolute Gasteiger partial charge is 0.316 e. The number of aromatic nitrogens is 2. The fourth-order valence-electron chi connectivity index (χ4n) is 3.49. The summed E-state index contributed by atoms with van der Waals surface area (Å²) in [5.74, 6) is -0.242. The lowest BCUT2D eigenvalue weighted by atomic mass is 9.90. The first-order chi connectivity index (χ1) is 13.7. The molecule has 1 amide bonds. The predicted molar refractivity (Wildman–Crippen MR) is 107 cm³/mol. The van der Waals surface area contributed by atoms with E-state index >= 15 is 0 Å². The molecule has 2 aromatic carbocycles. The average molecular weight is 394 g/mol. The standard InChI is InChI=1S/C22H20ClN3O2/c23-18-13-24-22(25-14-18)28-19-11-12-26(15-19)21(27)20(16-7-3-1-4-8-16)17-9-5-2-6-10-17/h1-10,13-14,19-20H,11-12,15H2. The van der Waals surface area contributed by atoms with Crippen LogP contribution in [0, 0.1) is 0 Å². The molecule has 3 aromatic rings. The summed E-state index contributed by atoms with van der Waals surface area (Å²) in [5.41, 5.74) is 1.98. The third kappa shape index (κ3) is 4.15. The molecule has 142 valence electrons. The van der Waals surface area contributed by atoms with Crippen LogP contribution in [0.5, 0.6) is 6.01 Å². The lowest BCUT2D eigenvalue weighted by Gasteiger charge is -2.24. The van der Waals surface area contributed by atoms with Gasteiger partial charge in [0.2, 0.25) is 5.91 Å². The van der Waals surface area contributed by atoms with E-state index in [1.807, 2.05) is 65.6 Å². The summed E-state index contributed by atoms with van der Waals surface area (Å²) in [6, 6.07) is 20.1. The fourth-order valence-corrected chi connectivity index (χ4v) is 3.58. The van der Waals surface area contributed by atoms with Gasteiger partial charge in [-0.15, -0.1) is 0 Å². The summed E-state index contributed by atoms with van der Waals surface area (Å²) < 4.78 is 5.83. The number of hydrogen-bond donors (Lipinski definition) is 0. The summed E-state index contributed by atoms with van der Waals surface area (Å²) in [5, 5.41) is 0.462. The van der Waals surface area contributed by atoms with E-state index in [4.69, 9.17) is 16.3 Å². The van der Waals surface area contributed by atoms with Crippen molar-refractivity contribution in [3.8, 4) is 6.01 Å². The second-order valence-corrected chi connectivity index (χ2v) is 7.19. The van der Waals surface area contributed by atoms with Crippen LogP contribution in [0.4, 0.5) is 0 Å². The normalized spacial score (nSPS) is 16.4. The van der Waals surface area contributed by atoms with Gasteiger partial charge in [-0.05, 0) is 11.1 Å². The van der Waals surface area contributed by atoms with Gasteiger partial charge in [-0.3, -0.25) is 4.79 Å². The van der Waals surface area contributed by atoms with E-state index in [1.54, 1.807) is 0 Å². The molecule has 1 aliphatic heterocycles. The lowest BCUT2D eigenvalue weighted by molar-refractivity contribution is -0.131. The fraction of sp³-hybridized carbons (Fsp3) is 0.227. The minimum Gasteiger partial charge on any atom is -0.458 e. The molecule has 1 unspecified atom stereocenters. The summed E-state index contributed by atoms with van der Waals surface area (Å²) in [6.45, 7) is 1.16. The van der Waals surface area contributed by atoms with Crippen LogP contribution in [0.3, 0.4) is 0 Å². The van der Waals surface area contributed by atoms with Crippen molar-refractivity contribution in [2.24, 2.45) is 0 Å². The van der Waals surface area contributed by atoms with Crippen molar-refractivity contribution in [2.45, 2.75) is 18.4 Å². The molecule has 5 nitrogen and oxygen atoms in total. The molecule has 1 atom stereocenters. The van der Waals surface area contributed by atoms with Crippen molar-refractivity contribution in [2.75, 3.05) is 13.1 Å². The highest BCUT2D eigenvalue weighted by molar-refractivity contribution is 6.30. The Morgan fingerprint density at radius 1 is 1.00 bits per heavy atom. The van der Waals surface area contributed by atoms with Crippen LogP contribution in [-0.2, 0) is 4.79 Å². The van der Waals surface area contributed by atoms with Crippen molar-refractivity contribution in [3.63, 3.8) is 0 Å². The van der Waals surface area contributed by atoms with Crippen LogP contribution in [0.15, 0.2) is 73.1 Å². The van der Waals surface area contributed by atoms with Crippen molar-refractivity contribution < 1.29 is 9.53 Å². The Balaban J connectivity index is 1.51. The second-order valence-electron chi connectivity index (χ2n) is 6.75. The molecular formula is C22H20ClN3O2. The lowest BCUT2D eigenvalue weighted by Crippen LogP contribution is -2.35. The van der Waals surface area contributed by atoms with Crippen molar-refractivity contribution >= 4 is 17.5 Å². The monoisotopic (exact) mass is 393 g/mol. The molecule has 4 rings (SSSR count). The molecular weight excluding hydrogens is 374 g/mol. The van der Waals surface area contributed by atoms with Crippen LogP contribution >= 0.6 is 11.6 Å². The quantitative estimate of drug-likeness (QED) is 0.658. The van der Waals surface area contributed by atoms with Crippen LogP contribution in [0.2, 0.25) is 5.02 Å². The van der Waals surface area contributed by atoms with Gasteiger partial charge >= 0.3 is 6.01 Å². The van der Waals surface area contributed by atoms with E-state index in [2.05, 4.69) is 9.97 Å². The summed E-state index contributed by atoms with van der Waals surface area (Å²) in [7, 11) is 0. The minimum atomic E-state index is -0.326. The number of halogens is 1. The van der Waals surface area contributed by atoms with Crippen molar-refractivity contribution in [1.82, 2.24) is 14.9 Å². The van der Waals surface area contributed by atoms with Crippen LogP contribution in [0.25, 0.3) is 0 Å². The molecule has 0 bridgehead atoms. The molecule has 0 spiro atoms. The van der Waals surface area contributed by atoms with E-state index in [9.17, 15) is 4.79 Å². The van der Waals surface area contributed by atoms with Gasteiger partial charge in [0.05, 0.1) is 29.9 Å². The number of rotatable bonds is 5. The van der Waals surface area contributed by atoms with Crippen LogP contribution in [-0.4, -0.2) is 40.0 Å². The molecule has 1 aromatic heterocycles. The zero-order chi connectivity index (χ0) is 19.3. The highest BCUT2D eigenvalue weighted by Crippen LogP contribution is 2.29. The second kappa shape index (κ2) is 8.40. The highest BCUT2D eigenvalue weighted by atomic mass is 35.5. The van der Waals surface area contributed by atoms with E-state index in [0.29, 0.717) is 18.1 Å². The van der Waals surface area contributed by atoms with E-state index in [1.165, 1.54) is 12.4 Å².